The minimum atomic E-state index is 0.169. The molecule has 0 N–H and O–H groups in total. The highest BCUT2D eigenvalue weighted by Crippen LogP contribution is 2.13. The first kappa shape index (κ1) is 15.7. The van der Waals surface area contributed by atoms with Gasteiger partial charge in [-0.1, -0.05) is 30.7 Å². The Morgan fingerprint density at radius 3 is 2.33 bits per heavy atom. The minimum absolute atomic E-state index is 0.169. The lowest BCUT2D eigenvalue weighted by Crippen LogP contribution is -2.49. The zero-order valence-electron chi connectivity index (χ0n) is 13.2. The molecular weight excluding hydrogens is 264 g/mol. The molecule has 1 aromatic rings. The van der Waals surface area contributed by atoms with Crippen LogP contribution >= 0.6 is 0 Å². The smallest absolute Gasteiger partial charge is 0.222 e. The van der Waals surface area contributed by atoms with Gasteiger partial charge < -0.3 is 4.90 Å². The number of hydrogen-bond donors (Lipinski definition) is 0. The third-order valence-electron chi connectivity index (χ3n) is 4.08. The Kier molecular flexibility index (Phi) is 5.12. The first-order valence-corrected chi connectivity index (χ1v) is 7.62. The van der Waals surface area contributed by atoms with Gasteiger partial charge in [0.25, 0.3) is 0 Å². The van der Waals surface area contributed by atoms with Gasteiger partial charge in [-0.3, -0.25) is 14.5 Å². The van der Waals surface area contributed by atoms with Crippen LogP contribution in [0.2, 0.25) is 0 Å². The monoisotopic (exact) mass is 288 g/mol. The van der Waals surface area contributed by atoms with Gasteiger partial charge in [-0.2, -0.15) is 0 Å². The van der Waals surface area contributed by atoms with Gasteiger partial charge in [0.05, 0.1) is 6.54 Å². The van der Waals surface area contributed by atoms with E-state index in [1.54, 1.807) is 0 Å². The number of benzene rings is 1. The quantitative estimate of drug-likeness (QED) is 0.796. The van der Waals surface area contributed by atoms with Crippen LogP contribution in [0.15, 0.2) is 18.2 Å². The number of ketones is 1. The van der Waals surface area contributed by atoms with Crippen molar-refractivity contribution in [3.63, 3.8) is 0 Å². The highest BCUT2D eigenvalue weighted by atomic mass is 16.2. The van der Waals surface area contributed by atoms with Crippen LogP contribution in [0.25, 0.3) is 0 Å². The number of hydrogen-bond acceptors (Lipinski definition) is 3. The average molecular weight is 288 g/mol. The Bertz CT molecular complexity index is 532. The van der Waals surface area contributed by atoms with E-state index in [4.69, 9.17) is 0 Å². The van der Waals surface area contributed by atoms with E-state index in [1.165, 1.54) is 5.56 Å². The number of Topliss-reactive ketones (excluding diaryl/α,β-unsaturated/α-hetero) is 1. The molecule has 0 unspecified atom stereocenters. The molecule has 1 aliphatic heterocycles. The van der Waals surface area contributed by atoms with Crippen molar-refractivity contribution in [2.45, 2.75) is 27.2 Å². The fourth-order valence-electron chi connectivity index (χ4n) is 2.79. The molecule has 21 heavy (non-hydrogen) atoms. The first-order chi connectivity index (χ1) is 10.0. The van der Waals surface area contributed by atoms with Crippen LogP contribution in [0.1, 0.15) is 34.8 Å². The molecule has 1 amide bonds. The third-order valence-corrected chi connectivity index (χ3v) is 4.08. The van der Waals surface area contributed by atoms with Crippen LogP contribution in [0, 0.1) is 13.8 Å². The van der Waals surface area contributed by atoms with Crippen molar-refractivity contribution in [2.75, 3.05) is 32.7 Å². The molecule has 0 radical (unpaired) electrons. The molecule has 0 spiro atoms. The van der Waals surface area contributed by atoms with Crippen LogP contribution in [-0.2, 0) is 4.79 Å². The highest BCUT2D eigenvalue weighted by Gasteiger charge is 2.22. The van der Waals surface area contributed by atoms with E-state index in [2.05, 4.69) is 4.90 Å². The average Bonchev–Trinajstić information content (AvgIpc) is 2.47. The van der Waals surface area contributed by atoms with E-state index >= 15 is 0 Å². The molecule has 0 bridgehead atoms. The summed E-state index contributed by atoms with van der Waals surface area (Å²) in [6, 6.07) is 5.95. The SMILES string of the molecule is CCC(=O)N1CCN(CC(=O)c2ccc(C)cc2C)CC1. The van der Waals surface area contributed by atoms with Gasteiger partial charge in [0.15, 0.2) is 5.78 Å². The van der Waals surface area contributed by atoms with Crippen molar-refractivity contribution in [1.29, 1.82) is 0 Å². The van der Waals surface area contributed by atoms with Crippen LogP contribution in [0.3, 0.4) is 0 Å². The van der Waals surface area contributed by atoms with E-state index in [0.717, 1.165) is 37.3 Å². The van der Waals surface area contributed by atoms with E-state index in [-0.39, 0.29) is 11.7 Å². The molecule has 0 aromatic heterocycles. The predicted octanol–water partition coefficient (Wildman–Crippen LogP) is 2.04. The third kappa shape index (κ3) is 3.91. The normalized spacial score (nSPS) is 16.0. The van der Waals surface area contributed by atoms with E-state index in [9.17, 15) is 9.59 Å². The highest BCUT2D eigenvalue weighted by molar-refractivity contribution is 5.99. The van der Waals surface area contributed by atoms with Gasteiger partial charge in [-0.05, 0) is 19.4 Å². The maximum absolute atomic E-state index is 12.4. The standard InChI is InChI=1S/C17H24N2O2/c1-4-17(21)19-9-7-18(8-10-19)12-16(20)15-6-5-13(2)11-14(15)3/h5-6,11H,4,7-10,12H2,1-3H3. The summed E-state index contributed by atoms with van der Waals surface area (Å²) in [4.78, 5) is 28.1. The molecule has 2 rings (SSSR count). The second-order valence-corrected chi connectivity index (χ2v) is 5.75. The summed E-state index contributed by atoms with van der Waals surface area (Å²) in [5.41, 5.74) is 3.03. The van der Waals surface area contributed by atoms with Gasteiger partial charge >= 0.3 is 0 Å². The van der Waals surface area contributed by atoms with Crippen molar-refractivity contribution in [1.82, 2.24) is 9.80 Å². The fourth-order valence-corrected chi connectivity index (χ4v) is 2.79. The molecule has 1 aromatic carbocycles. The van der Waals surface area contributed by atoms with Crippen molar-refractivity contribution >= 4 is 11.7 Å². The number of nitrogens with zero attached hydrogens (tertiary/aromatic N) is 2. The Morgan fingerprint density at radius 1 is 1.10 bits per heavy atom. The second-order valence-electron chi connectivity index (χ2n) is 5.75. The molecule has 0 saturated carbocycles. The van der Waals surface area contributed by atoms with Gasteiger partial charge in [0.1, 0.15) is 0 Å². The number of piperazine rings is 1. The Balaban J connectivity index is 1.91. The number of amides is 1. The summed E-state index contributed by atoms with van der Waals surface area (Å²) in [5, 5.41) is 0. The molecule has 0 aliphatic carbocycles. The number of rotatable bonds is 4. The Labute approximate surface area is 126 Å². The number of aryl methyl sites for hydroxylation is 2. The summed E-state index contributed by atoms with van der Waals surface area (Å²) in [5.74, 6) is 0.373. The lowest BCUT2D eigenvalue weighted by atomic mass is 10.0. The van der Waals surface area contributed by atoms with Gasteiger partial charge in [-0.25, -0.2) is 0 Å². The molecular formula is C17H24N2O2. The number of carbonyl (C=O) groups excluding carboxylic acids is 2. The van der Waals surface area contributed by atoms with Crippen molar-refractivity contribution < 1.29 is 9.59 Å². The maximum Gasteiger partial charge on any atom is 0.222 e. The lowest BCUT2D eigenvalue weighted by molar-refractivity contribution is -0.132. The van der Waals surface area contributed by atoms with Crippen molar-refractivity contribution in [3.05, 3.63) is 34.9 Å². The van der Waals surface area contributed by atoms with Gasteiger partial charge in [-0.15, -0.1) is 0 Å². The van der Waals surface area contributed by atoms with E-state index in [1.807, 2.05) is 43.9 Å². The lowest BCUT2D eigenvalue weighted by Gasteiger charge is -2.34. The molecule has 1 saturated heterocycles. The van der Waals surface area contributed by atoms with E-state index in [0.29, 0.717) is 13.0 Å². The summed E-state index contributed by atoms with van der Waals surface area (Å²) in [7, 11) is 0. The Morgan fingerprint density at radius 2 is 1.76 bits per heavy atom. The Hall–Kier alpha value is -1.68. The molecule has 1 aliphatic rings. The molecule has 114 valence electrons. The topological polar surface area (TPSA) is 40.6 Å². The van der Waals surface area contributed by atoms with Crippen LogP contribution in [0.4, 0.5) is 0 Å². The molecule has 1 fully saturated rings. The minimum Gasteiger partial charge on any atom is -0.340 e. The largest absolute Gasteiger partial charge is 0.340 e. The van der Waals surface area contributed by atoms with Gasteiger partial charge in [0.2, 0.25) is 5.91 Å². The molecule has 0 atom stereocenters. The summed E-state index contributed by atoms with van der Waals surface area (Å²) in [6.45, 7) is 9.37. The summed E-state index contributed by atoms with van der Waals surface area (Å²) >= 11 is 0. The first-order valence-electron chi connectivity index (χ1n) is 7.62. The van der Waals surface area contributed by atoms with Crippen molar-refractivity contribution in [3.8, 4) is 0 Å². The zero-order chi connectivity index (χ0) is 15.4. The van der Waals surface area contributed by atoms with E-state index < -0.39 is 0 Å². The number of carbonyl (C=O) groups is 2. The predicted molar refractivity (Wildman–Crippen MR) is 83.6 cm³/mol. The molecule has 4 nitrogen and oxygen atoms in total. The summed E-state index contributed by atoms with van der Waals surface area (Å²) in [6.07, 6.45) is 0.557. The van der Waals surface area contributed by atoms with Crippen molar-refractivity contribution in [2.24, 2.45) is 0 Å². The van der Waals surface area contributed by atoms with Crippen LogP contribution in [-0.4, -0.2) is 54.2 Å². The fraction of sp³-hybridized carbons (Fsp3) is 0.529. The van der Waals surface area contributed by atoms with Crippen LogP contribution < -0.4 is 0 Å². The summed E-state index contributed by atoms with van der Waals surface area (Å²) < 4.78 is 0. The van der Waals surface area contributed by atoms with Crippen LogP contribution in [0.5, 0.6) is 0 Å². The molecule has 1 heterocycles. The molecule has 4 heteroatoms. The maximum atomic E-state index is 12.4. The van der Waals surface area contributed by atoms with Gasteiger partial charge in [0, 0.05) is 38.2 Å². The zero-order valence-corrected chi connectivity index (χ0v) is 13.2. The second kappa shape index (κ2) is 6.85.